The van der Waals surface area contributed by atoms with Gasteiger partial charge in [-0.3, -0.25) is 0 Å². The van der Waals surface area contributed by atoms with Crippen LogP contribution in [0.1, 0.15) is 23.0 Å². The molecule has 0 fully saturated rings. The quantitative estimate of drug-likeness (QED) is 0.228. The van der Waals surface area contributed by atoms with Gasteiger partial charge in [0.1, 0.15) is 11.3 Å². The summed E-state index contributed by atoms with van der Waals surface area (Å²) in [6, 6.07) is 25.8. The Hall–Kier alpha value is -2.93. The molecular formula is C26H24INO3. The molecule has 0 unspecified atom stereocenters. The maximum absolute atomic E-state index is 13.2. The molecule has 4 nitrogen and oxygen atoms in total. The Balaban J connectivity index is 0.00000272. The van der Waals surface area contributed by atoms with E-state index >= 15 is 0 Å². The SMILES string of the molecule is CCOC(=O)c1c(-c2ccccc2)[n+](-c2ccc(OC)cc2)c(C)c2ccccc12.[I-]. The molecule has 0 radical (unpaired) electrons. The molecule has 1 heterocycles. The van der Waals surface area contributed by atoms with Gasteiger partial charge in [-0.05, 0) is 37.3 Å². The van der Waals surface area contributed by atoms with Crippen molar-refractivity contribution < 1.29 is 42.8 Å². The molecule has 0 N–H and O–H groups in total. The van der Waals surface area contributed by atoms with Gasteiger partial charge in [0.05, 0.1) is 19.1 Å². The maximum Gasteiger partial charge on any atom is 0.345 e. The summed E-state index contributed by atoms with van der Waals surface area (Å²) in [6.07, 6.45) is 0. The number of ether oxygens (including phenoxy) is 2. The monoisotopic (exact) mass is 525 g/mol. The molecule has 0 aliphatic carbocycles. The Morgan fingerprint density at radius 2 is 1.48 bits per heavy atom. The van der Waals surface area contributed by atoms with Gasteiger partial charge in [-0.25, -0.2) is 4.79 Å². The lowest BCUT2D eigenvalue weighted by Gasteiger charge is -2.15. The Morgan fingerprint density at radius 3 is 2.10 bits per heavy atom. The summed E-state index contributed by atoms with van der Waals surface area (Å²) in [5.74, 6) is 0.458. The van der Waals surface area contributed by atoms with Crippen LogP contribution in [0.5, 0.6) is 5.75 Å². The third kappa shape index (κ3) is 4.28. The van der Waals surface area contributed by atoms with Gasteiger partial charge in [0.15, 0.2) is 5.69 Å². The fraction of sp³-hybridized carbons (Fsp3) is 0.154. The highest BCUT2D eigenvalue weighted by molar-refractivity contribution is 6.09. The number of carbonyl (C=O) groups excluding carboxylic acids is 1. The van der Waals surface area contributed by atoms with Gasteiger partial charge in [-0.15, -0.1) is 0 Å². The Labute approximate surface area is 199 Å². The average molecular weight is 525 g/mol. The van der Waals surface area contributed by atoms with E-state index in [1.807, 2.05) is 85.8 Å². The van der Waals surface area contributed by atoms with E-state index in [1.165, 1.54) is 0 Å². The smallest absolute Gasteiger partial charge is 0.345 e. The summed E-state index contributed by atoms with van der Waals surface area (Å²) in [6.45, 7) is 4.22. The van der Waals surface area contributed by atoms with Crippen LogP contribution >= 0.6 is 0 Å². The third-order valence-corrected chi connectivity index (χ3v) is 5.24. The highest BCUT2D eigenvalue weighted by Gasteiger charge is 2.31. The first-order chi connectivity index (χ1) is 14.7. The number of halogens is 1. The molecule has 3 aromatic carbocycles. The predicted octanol–water partition coefficient (Wildman–Crippen LogP) is 2.28. The van der Waals surface area contributed by atoms with Crippen LogP contribution < -0.4 is 33.3 Å². The molecule has 0 saturated heterocycles. The van der Waals surface area contributed by atoms with Crippen molar-refractivity contribution in [1.82, 2.24) is 0 Å². The van der Waals surface area contributed by atoms with Gasteiger partial charge in [-0.2, -0.15) is 4.57 Å². The van der Waals surface area contributed by atoms with Crippen LogP contribution in [0.4, 0.5) is 0 Å². The van der Waals surface area contributed by atoms with Crippen molar-refractivity contribution in [3.05, 3.63) is 90.1 Å². The van der Waals surface area contributed by atoms with E-state index in [1.54, 1.807) is 7.11 Å². The Bertz CT molecular complexity index is 1200. The van der Waals surface area contributed by atoms with E-state index < -0.39 is 0 Å². The van der Waals surface area contributed by atoms with Crippen molar-refractivity contribution >= 4 is 16.7 Å². The van der Waals surface area contributed by atoms with Crippen LogP contribution in [0.25, 0.3) is 27.7 Å². The average Bonchev–Trinajstić information content (AvgIpc) is 2.80. The van der Waals surface area contributed by atoms with E-state index in [4.69, 9.17) is 9.47 Å². The highest BCUT2D eigenvalue weighted by Crippen LogP contribution is 2.31. The summed E-state index contributed by atoms with van der Waals surface area (Å²) in [5.41, 5.74) is 4.33. The standard InChI is InChI=1S/C26H24NO3.HI/c1-4-30-26(28)24-23-13-9-8-12-22(23)18(2)27(20-14-16-21(29-3)17-15-20)25(24)19-10-6-5-7-11-19;/h5-17H,4H2,1-3H3;1H/q+1;/p-1. The van der Waals surface area contributed by atoms with Gasteiger partial charge in [-0.1, -0.05) is 36.4 Å². The zero-order valence-electron chi connectivity index (χ0n) is 17.8. The molecule has 0 amide bonds. The third-order valence-electron chi connectivity index (χ3n) is 5.24. The first-order valence-electron chi connectivity index (χ1n) is 10.00. The normalized spacial score (nSPS) is 10.4. The summed E-state index contributed by atoms with van der Waals surface area (Å²) < 4.78 is 13.0. The highest BCUT2D eigenvalue weighted by atomic mass is 127. The Morgan fingerprint density at radius 1 is 0.871 bits per heavy atom. The van der Waals surface area contributed by atoms with Crippen molar-refractivity contribution in [3.8, 4) is 22.7 Å². The molecule has 0 aliphatic rings. The van der Waals surface area contributed by atoms with Gasteiger partial charge >= 0.3 is 5.97 Å². The molecular weight excluding hydrogens is 501 g/mol. The van der Waals surface area contributed by atoms with Crippen LogP contribution in [0.3, 0.4) is 0 Å². The summed E-state index contributed by atoms with van der Waals surface area (Å²) >= 11 is 0. The van der Waals surface area contributed by atoms with E-state index in [2.05, 4.69) is 11.5 Å². The first kappa shape index (κ1) is 22.7. The topological polar surface area (TPSA) is 39.4 Å². The number of pyridine rings is 1. The first-order valence-corrected chi connectivity index (χ1v) is 10.00. The zero-order valence-corrected chi connectivity index (χ0v) is 19.9. The molecule has 4 aromatic rings. The van der Waals surface area contributed by atoms with E-state index in [-0.39, 0.29) is 29.9 Å². The number of nitrogens with zero attached hydrogens (tertiary/aromatic N) is 1. The van der Waals surface area contributed by atoms with Crippen LogP contribution in [-0.4, -0.2) is 19.7 Å². The second kappa shape index (κ2) is 9.92. The second-order valence-corrected chi connectivity index (χ2v) is 6.97. The minimum absolute atomic E-state index is 0. The van der Waals surface area contributed by atoms with E-state index in [0.29, 0.717) is 12.2 Å². The number of aromatic nitrogens is 1. The molecule has 0 atom stereocenters. The number of methoxy groups -OCH3 is 1. The van der Waals surface area contributed by atoms with Crippen LogP contribution in [0, 0.1) is 6.92 Å². The number of carbonyl (C=O) groups is 1. The number of fused-ring (bicyclic) bond motifs is 1. The molecule has 0 spiro atoms. The number of esters is 1. The van der Waals surface area contributed by atoms with Gasteiger partial charge in [0.25, 0.3) is 0 Å². The summed E-state index contributed by atoms with van der Waals surface area (Å²) in [5, 5.41) is 1.90. The van der Waals surface area contributed by atoms with Crippen molar-refractivity contribution in [2.45, 2.75) is 13.8 Å². The predicted molar refractivity (Wildman–Crippen MR) is 118 cm³/mol. The Kier molecular flexibility index (Phi) is 7.28. The number of hydrogen-bond acceptors (Lipinski definition) is 3. The number of hydrogen-bond donors (Lipinski definition) is 0. The fourth-order valence-electron chi connectivity index (χ4n) is 3.88. The van der Waals surface area contributed by atoms with Gasteiger partial charge in [0.2, 0.25) is 11.4 Å². The number of rotatable bonds is 5. The van der Waals surface area contributed by atoms with Gasteiger partial charge < -0.3 is 33.5 Å². The number of aryl methyl sites for hydroxylation is 1. The number of benzene rings is 3. The van der Waals surface area contributed by atoms with Crippen molar-refractivity contribution in [1.29, 1.82) is 0 Å². The molecule has 31 heavy (non-hydrogen) atoms. The molecule has 0 saturated carbocycles. The summed E-state index contributed by atoms with van der Waals surface area (Å²) in [4.78, 5) is 13.2. The van der Waals surface area contributed by atoms with Crippen molar-refractivity contribution in [3.63, 3.8) is 0 Å². The summed E-state index contributed by atoms with van der Waals surface area (Å²) in [7, 11) is 1.65. The molecule has 0 aliphatic heterocycles. The molecule has 4 rings (SSSR count). The lowest BCUT2D eigenvalue weighted by molar-refractivity contribution is -0.589. The largest absolute Gasteiger partial charge is 1.00 e. The lowest BCUT2D eigenvalue weighted by atomic mass is 9.96. The minimum Gasteiger partial charge on any atom is -1.00 e. The molecule has 1 aromatic heterocycles. The van der Waals surface area contributed by atoms with Gasteiger partial charge in [0, 0.05) is 30.0 Å². The molecule has 158 valence electrons. The van der Waals surface area contributed by atoms with Crippen molar-refractivity contribution in [2.75, 3.05) is 13.7 Å². The van der Waals surface area contributed by atoms with Crippen molar-refractivity contribution in [2.24, 2.45) is 0 Å². The van der Waals surface area contributed by atoms with Crippen LogP contribution in [-0.2, 0) is 4.74 Å². The minimum atomic E-state index is -0.324. The van der Waals surface area contributed by atoms with Crippen LogP contribution in [0.15, 0.2) is 78.9 Å². The van der Waals surface area contributed by atoms with Crippen LogP contribution in [0.2, 0.25) is 0 Å². The zero-order chi connectivity index (χ0) is 21.1. The molecule has 0 bridgehead atoms. The molecule has 5 heteroatoms. The van der Waals surface area contributed by atoms with E-state index in [0.717, 1.165) is 39.2 Å². The fourth-order valence-corrected chi connectivity index (χ4v) is 3.88. The lowest BCUT2D eigenvalue weighted by Crippen LogP contribution is -3.00. The maximum atomic E-state index is 13.2. The second-order valence-electron chi connectivity index (χ2n) is 6.97. The van der Waals surface area contributed by atoms with E-state index in [9.17, 15) is 4.79 Å².